The van der Waals surface area contributed by atoms with E-state index in [4.69, 9.17) is 4.74 Å². The lowest BCUT2D eigenvalue weighted by molar-refractivity contribution is -0.123. The second-order valence-corrected chi connectivity index (χ2v) is 9.69. The summed E-state index contributed by atoms with van der Waals surface area (Å²) in [5.41, 5.74) is 0.709. The van der Waals surface area contributed by atoms with E-state index in [9.17, 15) is 27.2 Å². The van der Waals surface area contributed by atoms with Crippen LogP contribution < -0.4 is 5.32 Å². The molecule has 0 radical (unpaired) electrons. The fourth-order valence-corrected chi connectivity index (χ4v) is 4.99. The second kappa shape index (κ2) is 10.2. The highest BCUT2D eigenvalue weighted by Gasteiger charge is 2.30. The Hall–Kier alpha value is -3.11. The first-order chi connectivity index (χ1) is 15.6. The summed E-state index contributed by atoms with van der Waals surface area (Å²) in [6, 6.07) is 9.14. The number of ether oxygens (including phenoxy) is 1. The summed E-state index contributed by atoms with van der Waals surface area (Å²) < 4.78 is 46.4. The summed E-state index contributed by atoms with van der Waals surface area (Å²) >= 11 is 0. The third-order valence-corrected chi connectivity index (χ3v) is 7.23. The van der Waals surface area contributed by atoms with Crippen LogP contribution in [0.15, 0.2) is 47.4 Å². The van der Waals surface area contributed by atoms with Gasteiger partial charge in [-0.3, -0.25) is 9.59 Å². The van der Waals surface area contributed by atoms with Crippen LogP contribution in [0.5, 0.6) is 0 Å². The fourth-order valence-electron chi connectivity index (χ4n) is 3.39. The van der Waals surface area contributed by atoms with Gasteiger partial charge in [-0.15, -0.1) is 0 Å². The number of nitrogens with zero attached hydrogens (tertiary/aromatic N) is 1. The Morgan fingerprint density at radius 1 is 1.00 bits per heavy atom. The molecule has 2 aromatic carbocycles. The average Bonchev–Trinajstić information content (AvgIpc) is 2.80. The SMILES string of the molecule is CC(=O)c1ccc(NC(=O)C(C)OC(=O)c2ccc(F)c(S(=O)(=O)N3CCCCC3)c2)cc1. The smallest absolute Gasteiger partial charge is 0.338 e. The number of piperidine rings is 1. The summed E-state index contributed by atoms with van der Waals surface area (Å²) in [4.78, 5) is 35.6. The quantitative estimate of drug-likeness (QED) is 0.485. The molecule has 2 aromatic rings. The largest absolute Gasteiger partial charge is 0.449 e. The molecule has 8 nitrogen and oxygen atoms in total. The number of nitrogens with one attached hydrogen (secondary N) is 1. The highest BCUT2D eigenvalue weighted by molar-refractivity contribution is 7.89. The molecule has 1 fully saturated rings. The first kappa shape index (κ1) is 24.5. The molecule has 0 aromatic heterocycles. The van der Waals surface area contributed by atoms with Crippen LogP contribution in [0.4, 0.5) is 10.1 Å². The Labute approximate surface area is 191 Å². The van der Waals surface area contributed by atoms with Gasteiger partial charge >= 0.3 is 5.97 Å². The average molecular weight is 477 g/mol. The van der Waals surface area contributed by atoms with Gasteiger partial charge in [-0.05, 0) is 69.2 Å². The second-order valence-electron chi connectivity index (χ2n) is 7.78. The fraction of sp³-hybridized carbons (Fsp3) is 0.348. The molecule has 176 valence electrons. The van der Waals surface area contributed by atoms with Crippen LogP contribution in [0.1, 0.15) is 53.8 Å². The van der Waals surface area contributed by atoms with Gasteiger partial charge in [-0.1, -0.05) is 6.42 Å². The third kappa shape index (κ3) is 5.82. The topological polar surface area (TPSA) is 110 Å². The predicted molar refractivity (Wildman–Crippen MR) is 119 cm³/mol. The molecule has 0 saturated carbocycles. The van der Waals surface area contributed by atoms with Crippen LogP contribution in [-0.2, 0) is 19.6 Å². The molecule has 1 aliphatic rings. The number of hydrogen-bond donors (Lipinski definition) is 1. The van der Waals surface area contributed by atoms with Crippen molar-refractivity contribution in [3.05, 3.63) is 59.4 Å². The van der Waals surface area contributed by atoms with E-state index in [2.05, 4.69) is 5.32 Å². The number of Topliss-reactive ketones (excluding diaryl/α,β-unsaturated/α-hetero) is 1. The van der Waals surface area contributed by atoms with Gasteiger partial charge in [0.25, 0.3) is 5.91 Å². The van der Waals surface area contributed by atoms with Crippen molar-refractivity contribution in [1.82, 2.24) is 4.31 Å². The molecule has 1 atom stereocenters. The van der Waals surface area contributed by atoms with Crippen LogP contribution in [0, 0.1) is 5.82 Å². The normalized spacial score (nSPS) is 15.5. The minimum absolute atomic E-state index is 0.115. The lowest BCUT2D eigenvalue weighted by Gasteiger charge is -2.26. The summed E-state index contributed by atoms with van der Waals surface area (Å²) in [5, 5.41) is 2.56. The number of esters is 1. The maximum atomic E-state index is 14.4. The van der Waals surface area contributed by atoms with Gasteiger partial charge in [0, 0.05) is 24.3 Å². The minimum Gasteiger partial charge on any atom is -0.449 e. The molecular weight excluding hydrogens is 451 g/mol. The number of benzene rings is 2. The number of amides is 1. The van der Waals surface area contributed by atoms with E-state index in [0.29, 0.717) is 37.2 Å². The zero-order valence-corrected chi connectivity index (χ0v) is 19.2. The van der Waals surface area contributed by atoms with Gasteiger partial charge in [0.15, 0.2) is 11.9 Å². The van der Waals surface area contributed by atoms with Crippen molar-refractivity contribution in [2.24, 2.45) is 0 Å². The first-order valence-electron chi connectivity index (χ1n) is 10.5. The number of ketones is 1. The summed E-state index contributed by atoms with van der Waals surface area (Å²) in [7, 11) is -4.10. The Bertz CT molecular complexity index is 1160. The molecule has 1 amide bonds. The summed E-state index contributed by atoms with van der Waals surface area (Å²) in [6.07, 6.45) is 1.07. The molecule has 1 heterocycles. The van der Waals surface area contributed by atoms with Crippen LogP contribution >= 0.6 is 0 Å². The van der Waals surface area contributed by atoms with E-state index in [1.54, 1.807) is 24.3 Å². The highest BCUT2D eigenvalue weighted by Crippen LogP contribution is 2.24. The zero-order chi connectivity index (χ0) is 24.2. The molecule has 0 spiro atoms. The Morgan fingerprint density at radius 2 is 1.61 bits per heavy atom. The summed E-state index contributed by atoms with van der Waals surface area (Å²) in [5.74, 6) is -2.66. The molecule has 3 rings (SSSR count). The lowest BCUT2D eigenvalue weighted by Crippen LogP contribution is -2.36. The van der Waals surface area contributed by atoms with Crippen molar-refractivity contribution in [2.45, 2.75) is 44.1 Å². The Kier molecular flexibility index (Phi) is 7.60. The Morgan fingerprint density at radius 3 is 2.21 bits per heavy atom. The number of hydrogen-bond acceptors (Lipinski definition) is 6. The predicted octanol–water partition coefficient (Wildman–Crippen LogP) is 3.39. The van der Waals surface area contributed by atoms with Crippen LogP contribution in [0.25, 0.3) is 0 Å². The first-order valence-corrected chi connectivity index (χ1v) is 12.0. The van der Waals surface area contributed by atoms with E-state index in [1.165, 1.54) is 18.2 Å². The minimum atomic E-state index is -4.10. The number of carbonyl (C=O) groups excluding carboxylic acids is 3. The van der Waals surface area contributed by atoms with Crippen LogP contribution in [0.2, 0.25) is 0 Å². The standard InChI is InChI=1S/C23H25FN2O6S/c1-15(27)17-6-9-19(10-7-17)25-22(28)16(2)32-23(29)18-8-11-20(24)21(14-18)33(30,31)26-12-4-3-5-13-26/h6-11,14,16H,3-5,12-13H2,1-2H3,(H,25,28). The lowest BCUT2D eigenvalue weighted by atomic mass is 10.1. The maximum Gasteiger partial charge on any atom is 0.338 e. The van der Waals surface area contributed by atoms with Crippen molar-refractivity contribution >= 4 is 33.4 Å². The van der Waals surface area contributed by atoms with Gasteiger partial charge in [-0.2, -0.15) is 4.31 Å². The third-order valence-electron chi connectivity index (χ3n) is 5.31. The number of rotatable bonds is 7. The van der Waals surface area contributed by atoms with Gasteiger partial charge in [-0.25, -0.2) is 17.6 Å². The van der Waals surface area contributed by atoms with Crippen LogP contribution in [-0.4, -0.2) is 49.6 Å². The van der Waals surface area contributed by atoms with E-state index < -0.39 is 38.7 Å². The van der Waals surface area contributed by atoms with Crippen molar-refractivity contribution < 1.29 is 31.9 Å². The number of anilines is 1. The Balaban J connectivity index is 1.69. The van der Waals surface area contributed by atoms with E-state index in [0.717, 1.165) is 24.6 Å². The molecular formula is C23H25FN2O6S. The monoisotopic (exact) mass is 476 g/mol. The zero-order valence-electron chi connectivity index (χ0n) is 18.3. The number of carbonyl (C=O) groups is 3. The molecule has 0 bridgehead atoms. The summed E-state index contributed by atoms with van der Waals surface area (Å²) in [6.45, 7) is 3.36. The van der Waals surface area contributed by atoms with Gasteiger partial charge in [0.05, 0.1) is 5.56 Å². The molecule has 0 aliphatic carbocycles. The molecule has 1 aliphatic heterocycles. The molecule has 1 saturated heterocycles. The van der Waals surface area contributed by atoms with E-state index in [1.807, 2.05) is 0 Å². The van der Waals surface area contributed by atoms with Crippen LogP contribution in [0.3, 0.4) is 0 Å². The molecule has 33 heavy (non-hydrogen) atoms. The highest BCUT2D eigenvalue weighted by atomic mass is 32.2. The molecule has 1 N–H and O–H groups in total. The number of sulfonamides is 1. The van der Waals surface area contributed by atoms with Gasteiger partial charge in [0.1, 0.15) is 10.7 Å². The molecule has 1 unspecified atom stereocenters. The van der Waals surface area contributed by atoms with Crippen molar-refractivity contribution in [3.63, 3.8) is 0 Å². The van der Waals surface area contributed by atoms with Crippen molar-refractivity contribution in [2.75, 3.05) is 18.4 Å². The van der Waals surface area contributed by atoms with E-state index >= 15 is 0 Å². The van der Waals surface area contributed by atoms with Gasteiger partial charge < -0.3 is 10.1 Å². The number of halogens is 1. The maximum absolute atomic E-state index is 14.4. The molecule has 10 heteroatoms. The van der Waals surface area contributed by atoms with Gasteiger partial charge in [0.2, 0.25) is 10.0 Å². The van der Waals surface area contributed by atoms with Crippen molar-refractivity contribution in [3.8, 4) is 0 Å². The van der Waals surface area contributed by atoms with E-state index in [-0.39, 0.29) is 11.3 Å². The van der Waals surface area contributed by atoms with Crippen molar-refractivity contribution in [1.29, 1.82) is 0 Å².